The first kappa shape index (κ1) is 15.2. The highest BCUT2D eigenvalue weighted by Crippen LogP contribution is 2.23. The number of fused-ring (bicyclic) bond motifs is 1. The number of likely N-dealkylation sites (tertiary alicyclic amines) is 1. The van der Waals surface area contributed by atoms with Gasteiger partial charge in [-0.15, -0.1) is 0 Å². The Morgan fingerprint density at radius 1 is 1.04 bits per heavy atom. The van der Waals surface area contributed by atoms with Crippen molar-refractivity contribution in [2.75, 3.05) is 18.4 Å². The second-order valence-electron chi connectivity index (χ2n) is 6.53. The topological polar surface area (TPSA) is 31.1 Å². The number of aromatic amines is 1. The molecule has 0 spiro atoms. The summed E-state index contributed by atoms with van der Waals surface area (Å²) < 4.78 is 13.7. The molecule has 124 valence electrons. The molecule has 4 heteroatoms. The summed E-state index contributed by atoms with van der Waals surface area (Å²) >= 11 is 0. The van der Waals surface area contributed by atoms with Crippen LogP contribution in [0.4, 0.5) is 10.1 Å². The van der Waals surface area contributed by atoms with Crippen LogP contribution in [0.15, 0.2) is 54.7 Å². The number of rotatable bonds is 4. The van der Waals surface area contributed by atoms with Crippen LogP contribution in [0.25, 0.3) is 10.9 Å². The van der Waals surface area contributed by atoms with Crippen molar-refractivity contribution in [2.45, 2.75) is 25.4 Å². The second-order valence-corrected chi connectivity index (χ2v) is 6.53. The third-order valence-electron chi connectivity index (χ3n) is 4.89. The average molecular weight is 323 g/mol. The van der Waals surface area contributed by atoms with E-state index in [1.165, 1.54) is 22.5 Å². The summed E-state index contributed by atoms with van der Waals surface area (Å²) in [4.78, 5) is 5.83. The van der Waals surface area contributed by atoms with Gasteiger partial charge in [0.05, 0.1) is 5.69 Å². The maximum Gasteiger partial charge on any atom is 0.146 e. The van der Waals surface area contributed by atoms with E-state index in [0.29, 0.717) is 11.7 Å². The minimum atomic E-state index is -0.168. The molecule has 0 bridgehead atoms. The monoisotopic (exact) mass is 323 g/mol. The molecule has 1 aromatic heterocycles. The van der Waals surface area contributed by atoms with Crippen LogP contribution in [0.1, 0.15) is 18.4 Å². The van der Waals surface area contributed by atoms with Crippen molar-refractivity contribution >= 4 is 16.6 Å². The van der Waals surface area contributed by atoms with Gasteiger partial charge in [-0.25, -0.2) is 4.39 Å². The molecule has 1 fully saturated rings. The van der Waals surface area contributed by atoms with Gasteiger partial charge in [-0.1, -0.05) is 30.3 Å². The van der Waals surface area contributed by atoms with Gasteiger partial charge < -0.3 is 10.3 Å². The molecular formula is C20H22FN3. The first-order chi connectivity index (χ1) is 11.8. The van der Waals surface area contributed by atoms with Gasteiger partial charge in [0.25, 0.3) is 0 Å². The fraction of sp³-hybridized carbons (Fsp3) is 0.300. The van der Waals surface area contributed by atoms with E-state index < -0.39 is 0 Å². The summed E-state index contributed by atoms with van der Waals surface area (Å²) in [7, 11) is 0. The summed E-state index contributed by atoms with van der Waals surface area (Å²) in [5, 5.41) is 4.66. The Bertz CT molecular complexity index is 818. The van der Waals surface area contributed by atoms with Crippen LogP contribution in [0, 0.1) is 5.82 Å². The van der Waals surface area contributed by atoms with Crippen molar-refractivity contribution in [1.82, 2.24) is 9.88 Å². The molecule has 2 heterocycles. The number of anilines is 1. The highest BCUT2D eigenvalue weighted by Gasteiger charge is 2.20. The average Bonchev–Trinajstić information content (AvgIpc) is 3.02. The Hall–Kier alpha value is -2.33. The van der Waals surface area contributed by atoms with Crippen molar-refractivity contribution in [1.29, 1.82) is 0 Å². The van der Waals surface area contributed by atoms with Gasteiger partial charge in [-0.3, -0.25) is 4.90 Å². The minimum absolute atomic E-state index is 0.168. The molecule has 0 unspecified atom stereocenters. The molecule has 1 aliphatic heterocycles. The quantitative estimate of drug-likeness (QED) is 0.746. The molecule has 2 aromatic carbocycles. The van der Waals surface area contributed by atoms with Crippen molar-refractivity contribution in [3.63, 3.8) is 0 Å². The number of halogens is 1. The number of para-hydroxylation sites is 2. The lowest BCUT2D eigenvalue weighted by atomic mass is 10.0. The highest BCUT2D eigenvalue weighted by molar-refractivity contribution is 5.82. The number of H-pyrrole nitrogens is 1. The summed E-state index contributed by atoms with van der Waals surface area (Å²) in [6, 6.07) is 15.7. The first-order valence-electron chi connectivity index (χ1n) is 8.58. The Balaban J connectivity index is 1.35. The van der Waals surface area contributed by atoms with Crippen LogP contribution in [0.5, 0.6) is 0 Å². The van der Waals surface area contributed by atoms with E-state index in [9.17, 15) is 4.39 Å². The van der Waals surface area contributed by atoms with Crippen molar-refractivity contribution < 1.29 is 4.39 Å². The molecule has 1 saturated heterocycles. The minimum Gasteiger partial charge on any atom is -0.380 e. The number of piperidine rings is 1. The maximum atomic E-state index is 13.7. The Morgan fingerprint density at radius 2 is 1.79 bits per heavy atom. The number of hydrogen-bond donors (Lipinski definition) is 2. The number of nitrogens with one attached hydrogen (secondary N) is 2. The number of nitrogens with zero attached hydrogens (tertiary/aromatic N) is 1. The molecule has 0 atom stereocenters. The Labute approximate surface area is 141 Å². The van der Waals surface area contributed by atoms with Gasteiger partial charge >= 0.3 is 0 Å². The molecule has 4 rings (SSSR count). The molecule has 0 saturated carbocycles. The second kappa shape index (κ2) is 6.65. The maximum absolute atomic E-state index is 13.7. The van der Waals surface area contributed by atoms with Crippen LogP contribution in [0.2, 0.25) is 0 Å². The zero-order valence-electron chi connectivity index (χ0n) is 13.6. The van der Waals surface area contributed by atoms with Gasteiger partial charge in [-0.2, -0.15) is 0 Å². The predicted octanol–water partition coefficient (Wildman–Crippen LogP) is 4.38. The molecule has 0 amide bonds. The summed E-state index contributed by atoms with van der Waals surface area (Å²) in [5.74, 6) is -0.168. The van der Waals surface area contributed by atoms with Crippen LogP contribution in [0.3, 0.4) is 0 Å². The van der Waals surface area contributed by atoms with E-state index in [0.717, 1.165) is 32.5 Å². The molecular weight excluding hydrogens is 301 g/mol. The fourth-order valence-electron chi connectivity index (χ4n) is 3.54. The Kier molecular flexibility index (Phi) is 4.22. The standard InChI is InChI=1S/C20H22FN3/c21-18-6-2-4-8-20(18)23-16-9-11-24(12-10-16)14-15-13-22-19-7-3-1-5-17(15)19/h1-8,13,16,22-23H,9-12,14H2. The number of aromatic nitrogens is 1. The third kappa shape index (κ3) is 3.15. The van der Waals surface area contributed by atoms with Crippen LogP contribution < -0.4 is 5.32 Å². The zero-order chi connectivity index (χ0) is 16.4. The van der Waals surface area contributed by atoms with Crippen LogP contribution in [-0.4, -0.2) is 29.0 Å². The molecule has 3 aromatic rings. The van der Waals surface area contributed by atoms with Gasteiger partial charge in [0.1, 0.15) is 5.82 Å². The van der Waals surface area contributed by atoms with Crippen molar-refractivity contribution in [3.8, 4) is 0 Å². The third-order valence-corrected chi connectivity index (χ3v) is 4.89. The molecule has 1 aliphatic rings. The highest BCUT2D eigenvalue weighted by atomic mass is 19.1. The summed E-state index contributed by atoms with van der Waals surface area (Å²) in [5.41, 5.74) is 3.17. The lowest BCUT2D eigenvalue weighted by Gasteiger charge is -2.32. The molecule has 3 nitrogen and oxygen atoms in total. The largest absolute Gasteiger partial charge is 0.380 e. The fourth-order valence-corrected chi connectivity index (χ4v) is 3.54. The molecule has 0 aliphatic carbocycles. The van der Waals surface area contributed by atoms with Crippen molar-refractivity contribution in [3.05, 3.63) is 66.1 Å². The van der Waals surface area contributed by atoms with Gasteiger partial charge in [0.15, 0.2) is 0 Å². The van der Waals surface area contributed by atoms with Crippen molar-refractivity contribution in [2.24, 2.45) is 0 Å². The van der Waals surface area contributed by atoms with E-state index >= 15 is 0 Å². The molecule has 24 heavy (non-hydrogen) atoms. The lowest BCUT2D eigenvalue weighted by Crippen LogP contribution is -2.38. The van der Waals surface area contributed by atoms with E-state index in [1.807, 2.05) is 12.1 Å². The zero-order valence-corrected chi connectivity index (χ0v) is 13.6. The smallest absolute Gasteiger partial charge is 0.146 e. The normalized spacial score (nSPS) is 16.5. The first-order valence-corrected chi connectivity index (χ1v) is 8.58. The lowest BCUT2D eigenvalue weighted by molar-refractivity contribution is 0.212. The van der Waals surface area contributed by atoms with E-state index in [-0.39, 0.29) is 5.82 Å². The number of benzene rings is 2. The van der Waals surface area contributed by atoms with Crippen LogP contribution in [-0.2, 0) is 6.54 Å². The van der Waals surface area contributed by atoms with E-state index in [1.54, 1.807) is 6.07 Å². The van der Waals surface area contributed by atoms with E-state index in [4.69, 9.17) is 0 Å². The Morgan fingerprint density at radius 3 is 2.62 bits per heavy atom. The van der Waals surface area contributed by atoms with Crippen LogP contribution >= 0.6 is 0 Å². The molecule has 2 N–H and O–H groups in total. The van der Waals surface area contributed by atoms with Gasteiger partial charge in [0.2, 0.25) is 0 Å². The van der Waals surface area contributed by atoms with Gasteiger partial charge in [0, 0.05) is 42.8 Å². The predicted molar refractivity (Wildman–Crippen MR) is 96.6 cm³/mol. The molecule has 0 radical (unpaired) electrons. The number of hydrogen-bond acceptors (Lipinski definition) is 2. The summed E-state index contributed by atoms with van der Waals surface area (Å²) in [6.45, 7) is 3.04. The SMILES string of the molecule is Fc1ccccc1NC1CCN(Cc2c[nH]c3ccccc23)CC1. The summed E-state index contributed by atoms with van der Waals surface area (Å²) in [6.07, 6.45) is 4.20. The van der Waals surface area contributed by atoms with Gasteiger partial charge in [-0.05, 0) is 36.6 Å². The van der Waals surface area contributed by atoms with E-state index in [2.05, 4.69) is 45.7 Å².